The van der Waals surface area contributed by atoms with Gasteiger partial charge in [-0.25, -0.2) is 0 Å². The van der Waals surface area contributed by atoms with E-state index in [-0.39, 0.29) is 18.0 Å². The molecule has 1 saturated carbocycles. The molecule has 2 fully saturated rings. The third-order valence-electron chi connectivity index (χ3n) is 4.48. The number of carbonyl (C=O) groups is 1. The molecule has 1 amide bonds. The van der Waals surface area contributed by atoms with Gasteiger partial charge in [-0.15, -0.1) is 11.3 Å². The highest BCUT2D eigenvalue weighted by Gasteiger charge is 2.39. The van der Waals surface area contributed by atoms with Crippen molar-refractivity contribution < 1.29 is 14.6 Å². The minimum Gasteiger partial charge on any atom is -0.389 e. The fraction of sp³-hybridized carbons (Fsp3) is 0.667. The molecule has 6 heteroatoms. The summed E-state index contributed by atoms with van der Waals surface area (Å²) >= 11 is 1.45. The van der Waals surface area contributed by atoms with Gasteiger partial charge in [-0.3, -0.25) is 9.69 Å². The number of ether oxygens (including phenoxy) is 1. The van der Waals surface area contributed by atoms with Gasteiger partial charge in [0.2, 0.25) is 0 Å². The molecule has 21 heavy (non-hydrogen) atoms. The smallest absolute Gasteiger partial charge is 0.261 e. The summed E-state index contributed by atoms with van der Waals surface area (Å²) in [5.74, 6) is -0.0609. The van der Waals surface area contributed by atoms with Crippen molar-refractivity contribution in [2.75, 3.05) is 26.3 Å². The van der Waals surface area contributed by atoms with Crippen molar-refractivity contribution in [3.8, 4) is 0 Å². The molecule has 1 aliphatic heterocycles. The molecule has 1 aromatic rings. The maximum absolute atomic E-state index is 12.3. The number of aliphatic hydroxyl groups excluding tert-OH is 1. The lowest BCUT2D eigenvalue weighted by atomic mass is 10.1. The van der Waals surface area contributed by atoms with Crippen LogP contribution < -0.4 is 5.32 Å². The van der Waals surface area contributed by atoms with E-state index >= 15 is 0 Å². The number of hydrogen-bond donors (Lipinski definition) is 2. The number of morpholine rings is 1. The number of thiophene rings is 1. The van der Waals surface area contributed by atoms with Gasteiger partial charge in [-0.2, -0.15) is 0 Å². The van der Waals surface area contributed by atoms with E-state index in [1.165, 1.54) is 11.3 Å². The first-order valence-corrected chi connectivity index (χ1v) is 8.39. The second-order valence-corrected chi connectivity index (χ2v) is 6.71. The Morgan fingerprint density at radius 3 is 2.86 bits per heavy atom. The number of aryl methyl sites for hydroxylation is 1. The lowest BCUT2D eigenvalue weighted by molar-refractivity contribution is -0.0154. The summed E-state index contributed by atoms with van der Waals surface area (Å²) in [5.41, 5.74) is 0.995. The molecule has 0 unspecified atom stereocenters. The molecule has 2 aliphatic rings. The van der Waals surface area contributed by atoms with E-state index in [2.05, 4.69) is 10.2 Å². The van der Waals surface area contributed by atoms with Crippen LogP contribution in [-0.2, 0) is 4.74 Å². The van der Waals surface area contributed by atoms with Gasteiger partial charge in [0, 0.05) is 19.1 Å². The topological polar surface area (TPSA) is 61.8 Å². The summed E-state index contributed by atoms with van der Waals surface area (Å²) in [6, 6.07) is 1.94. The molecule has 0 bridgehead atoms. The second kappa shape index (κ2) is 6.44. The van der Waals surface area contributed by atoms with E-state index < -0.39 is 6.10 Å². The molecule has 1 aliphatic carbocycles. The Balaban J connectivity index is 1.60. The molecule has 5 nitrogen and oxygen atoms in total. The fourth-order valence-corrected chi connectivity index (χ4v) is 4.09. The predicted octanol–water partition coefficient (Wildman–Crippen LogP) is 1.01. The minimum atomic E-state index is -0.493. The van der Waals surface area contributed by atoms with Gasteiger partial charge >= 0.3 is 0 Å². The number of carbonyl (C=O) groups excluding carboxylic acids is 1. The molecule has 0 radical (unpaired) electrons. The molecule has 116 valence electrons. The second-order valence-electron chi connectivity index (χ2n) is 5.80. The number of amides is 1. The lowest BCUT2D eigenvalue weighted by Gasteiger charge is -2.34. The quantitative estimate of drug-likeness (QED) is 0.875. The first-order valence-electron chi connectivity index (χ1n) is 7.51. The van der Waals surface area contributed by atoms with Gasteiger partial charge in [-0.1, -0.05) is 0 Å². The van der Waals surface area contributed by atoms with Crippen molar-refractivity contribution in [3.05, 3.63) is 21.9 Å². The average molecular weight is 310 g/mol. The summed E-state index contributed by atoms with van der Waals surface area (Å²) in [5, 5.41) is 15.4. The van der Waals surface area contributed by atoms with E-state index in [9.17, 15) is 9.90 Å². The van der Waals surface area contributed by atoms with Gasteiger partial charge in [0.15, 0.2) is 0 Å². The first kappa shape index (κ1) is 15.0. The first-order chi connectivity index (χ1) is 10.2. The Kier molecular flexibility index (Phi) is 4.59. The largest absolute Gasteiger partial charge is 0.389 e. The number of nitrogens with one attached hydrogen (secondary N) is 1. The van der Waals surface area contributed by atoms with Crippen LogP contribution in [0.1, 0.15) is 28.1 Å². The van der Waals surface area contributed by atoms with Crippen molar-refractivity contribution in [1.29, 1.82) is 0 Å². The highest BCUT2D eigenvalue weighted by atomic mass is 32.1. The highest BCUT2D eigenvalue weighted by molar-refractivity contribution is 7.12. The van der Waals surface area contributed by atoms with Crippen LogP contribution in [0.5, 0.6) is 0 Å². The molecule has 0 spiro atoms. The zero-order valence-electron chi connectivity index (χ0n) is 12.2. The van der Waals surface area contributed by atoms with Gasteiger partial charge in [-0.05, 0) is 36.8 Å². The number of rotatable bonds is 3. The number of hydrogen-bond acceptors (Lipinski definition) is 5. The number of aliphatic hydroxyl groups is 1. The molecule has 3 rings (SSSR count). The maximum atomic E-state index is 12.3. The van der Waals surface area contributed by atoms with Crippen LogP contribution in [0, 0.1) is 6.92 Å². The van der Waals surface area contributed by atoms with Gasteiger partial charge in [0.25, 0.3) is 5.91 Å². The maximum Gasteiger partial charge on any atom is 0.261 e. The van der Waals surface area contributed by atoms with Crippen LogP contribution in [0.2, 0.25) is 0 Å². The monoisotopic (exact) mass is 310 g/mol. The van der Waals surface area contributed by atoms with Crippen LogP contribution in [0.25, 0.3) is 0 Å². The molecular formula is C15H22N2O3S. The predicted molar refractivity (Wildman–Crippen MR) is 81.7 cm³/mol. The van der Waals surface area contributed by atoms with E-state index in [1.807, 2.05) is 18.4 Å². The normalized spacial score (nSPS) is 30.5. The zero-order valence-corrected chi connectivity index (χ0v) is 13.1. The Bertz CT molecular complexity index is 499. The third-order valence-corrected chi connectivity index (χ3v) is 5.49. The molecule has 1 aromatic heterocycles. The van der Waals surface area contributed by atoms with Crippen LogP contribution >= 0.6 is 11.3 Å². The van der Waals surface area contributed by atoms with Crippen molar-refractivity contribution in [1.82, 2.24) is 10.2 Å². The van der Waals surface area contributed by atoms with Crippen LogP contribution in [0.15, 0.2) is 11.4 Å². The van der Waals surface area contributed by atoms with Crippen molar-refractivity contribution >= 4 is 17.2 Å². The van der Waals surface area contributed by atoms with Crippen LogP contribution in [-0.4, -0.2) is 60.4 Å². The summed E-state index contributed by atoms with van der Waals surface area (Å²) < 4.78 is 5.36. The molecule has 0 aromatic carbocycles. The van der Waals surface area contributed by atoms with Gasteiger partial charge in [0.1, 0.15) is 0 Å². The summed E-state index contributed by atoms with van der Waals surface area (Å²) in [6.45, 7) is 5.13. The van der Waals surface area contributed by atoms with Crippen LogP contribution in [0.4, 0.5) is 0 Å². The van der Waals surface area contributed by atoms with Gasteiger partial charge < -0.3 is 15.2 Å². The zero-order chi connectivity index (χ0) is 14.8. The molecular weight excluding hydrogens is 288 g/mol. The van der Waals surface area contributed by atoms with Crippen molar-refractivity contribution in [3.63, 3.8) is 0 Å². The lowest BCUT2D eigenvalue weighted by Crippen LogP contribution is -2.51. The number of nitrogens with zero attached hydrogens (tertiary/aromatic N) is 1. The van der Waals surface area contributed by atoms with E-state index in [4.69, 9.17) is 4.74 Å². The summed E-state index contributed by atoms with van der Waals surface area (Å²) in [4.78, 5) is 15.3. The average Bonchev–Trinajstić information content (AvgIpc) is 3.07. The molecule has 2 N–H and O–H groups in total. The Labute approximate surface area is 128 Å². The SMILES string of the molecule is Cc1ccsc1C(=O)N[C@@H]1CC[C@@H](N2CCOCC2)[C@@H]1O. The van der Waals surface area contributed by atoms with E-state index in [0.29, 0.717) is 0 Å². The Morgan fingerprint density at radius 2 is 2.19 bits per heavy atom. The minimum absolute atomic E-state index is 0.0609. The Morgan fingerprint density at radius 1 is 1.43 bits per heavy atom. The van der Waals surface area contributed by atoms with Crippen molar-refractivity contribution in [2.24, 2.45) is 0 Å². The molecule has 2 heterocycles. The van der Waals surface area contributed by atoms with E-state index in [0.717, 1.165) is 49.6 Å². The fourth-order valence-electron chi connectivity index (χ4n) is 3.26. The summed E-state index contributed by atoms with van der Waals surface area (Å²) in [6.07, 6.45) is 1.27. The third kappa shape index (κ3) is 3.13. The molecule has 3 atom stereocenters. The molecule has 1 saturated heterocycles. The standard InChI is InChI=1S/C15H22N2O3S/c1-10-4-9-21-14(10)15(19)16-11-2-3-12(13(11)18)17-5-7-20-8-6-17/h4,9,11-13,18H,2-3,5-8H2,1H3,(H,16,19)/t11-,12-,13-/m1/s1. The van der Waals surface area contributed by atoms with Crippen molar-refractivity contribution in [2.45, 2.75) is 38.0 Å². The van der Waals surface area contributed by atoms with E-state index in [1.54, 1.807) is 0 Å². The van der Waals surface area contributed by atoms with Gasteiger partial charge in [0.05, 0.1) is 30.2 Å². The van der Waals surface area contributed by atoms with Crippen LogP contribution in [0.3, 0.4) is 0 Å². The Hall–Kier alpha value is -0.950. The summed E-state index contributed by atoms with van der Waals surface area (Å²) in [7, 11) is 0. The highest BCUT2D eigenvalue weighted by Crippen LogP contribution is 2.26.